The van der Waals surface area contributed by atoms with Crippen LogP contribution in [0.4, 0.5) is 5.69 Å². The largest absolute Gasteiger partial charge is 0.388 e. The first-order valence-corrected chi connectivity index (χ1v) is 18.3. The number of non-ortho nitro benzene ring substituents is 1. The van der Waals surface area contributed by atoms with Gasteiger partial charge in [-0.25, -0.2) is 13.1 Å². The number of nitrogens with one attached hydrogen (secondary N) is 1. The summed E-state index contributed by atoms with van der Waals surface area (Å²) < 4.78 is 55.0. The van der Waals surface area contributed by atoms with Crippen LogP contribution in [0.3, 0.4) is 0 Å². The quantitative estimate of drug-likeness (QED) is 0.0666. The fourth-order valence-corrected chi connectivity index (χ4v) is 6.45. The maximum Gasteiger partial charge on any atom is 0.269 e. The maximum atomic E-state index is 13.5. The Kier molecular flexibility index (Phi) is 14.6. The van der Waals surface area contributed by atoms with Crippen LogP contribution >= 0.6 is 0 Å². The molecule has 2 N–H and O–H groups in total. The van der Waals surface area contributed by atoms with Crippen molar-refractivity contribution < 1.29 is 37.4 Å². The second kappa shape index (κ2) is 19.7. The number of hydrogen-bond donors (Lipinski definition) is 2. The van der Waals surface area contributed by atoms with Crippen molar-refractivity contribution in [2.24, 2.45) is 0 Å². The summed E-state index contributed by atoms with van der Waals surface area (Å²) in [6.45, 7) is 0.179. The van der Waals surface area contributed by atoms with Gasteiger partial charge in [0.2, 0.25) is 10.0 Å². The van der Waals surface area contributed by atoms with Crippen LogP contribution in [0.25, 0.3) is 0 Å². The summed E-state index contributed by atoms with van der Waals surface area (Å²) in [5.41, 5.74) is 3.23. The molecule has 272 valence electrons. The molecule has 0 aliphatic heterocycles. The maximum absolute atomic E-state index is 13.5. The second-order valence-electron chi connectivity index (χ2n) is 12.0. The minimum atomic E-state index is -4.16. The van der Waals surface area contributed by atoms with Crippen LogP contribution in [0, 0.1) is 10.1 Å². The van der Waals surface area contributed by atoms with Crippen LogP contribution in [0.1, 0.15) is 22.3 Å². The Balaban J connectivity index is 1.46. The van der Waals surface area contributed by atoms with Crippen LogP contribution in [0.5, 0.6) is 0 Å². The number of rotatable bonds is 21. The zero-order valence-electron chi connectivity index (χ0n) is 28.5. The fraction of sp³-hybridized carbons (Fsp3) is 0.250. The third kappa shape index (κ3) is 11.9. The van der Waals surface area contributed by atoms with Crippen LogP contribution in [-0.4, -0.2) is 56.0 Å². The van der Waals surface area contributed by atoms with Crippen molar-refractivity contribution in [2.75, 3.05) is 13.2 Å². The van der Waals surface area contributed by atoms with Gasteiger partial charge in [0.05, 0.1) is 42.9 Å². The average molecular weight is 727 g/mol. The lowest BCUT2D eigenvalue weighted by molar-refractivity contribution is -0.384. The molecule has 0 unspecified atom stereocenters. The molecule has 0 heterocycles. The van der Waals surface area contributed by atoms with E-state index in [-0.39, 0.29) is 50.2 Å². The average Bonchev–Trinajstić information content (AvgIpc) is 3.18. The fourth-order valence-electron chi connectivity index (χ4n) is 5.41. The number of aliphatic hydroxyl groups excluding tert-OH is 1. The van der Waals surface area contributed by atoms with Crippen LogP contribution in [0.15, 0.2) is 150 Å². The van der Waals surface area contributed by atoms with Crippen molar-refractivity contribution in [3.05, 3.63) is 178 Å². The third-order valence-corrected chi connectivity index (χ3v) is 9.62. The molecule has 0 fully saturated rings. The Morgan fingerprint density at radius 2 is 1.02 bits per heavy atom. The molecule has 0 bridgehead atoms. The summed E-state index contributed by atoms with van der Waals surface area (Å²) in [5, 5.41) is 22.9. The molecule has 5 aromatic carbocycles. The molecule has 11 nitrogen and oxygen atoms in total. The van der Waals surface area contributed by atoms with Gasteiger partial charge in [0.1, 0.15) is 24.4 Å². The highest BCUT2D eigenvalue weighted by Gasteiger charge is 2.38. The molecular formula is C40H42N2O9S. The van der Waals surface area contributed by atoms with Crippen LogP contribution in [0.2, 0.25) is 0 Å². The molecular weight excluding hydrogens is 685 g/mol. The van der Waals surface area contributed by atoms with E-state index in [0.29, 0.717) is 0 Å². The number of sulfonamides is 1. The molecule has 0 aromatic heterocycles. The Hall–Kier alpha value is -4.79. The van der Waals surface area contributed by atoms with Gasteiger partial charge < -0.3 is 24.1 Å². The first kappa shape index (κ1) is 38.4. The number of benzene rings is 5. The van der Waals surface area contributed by atoms with Crippen LogP contribution in [-0.2, 0) is 55.4 Å². The van der Waals surface area contributed by atoms with Crippen molar-refractivity contribution in [3.8, 4) is 0 Å². The second-order valence-corrected chi connectivity index (χ2v) is 13.8. The molecule has 0 radical (unpaired) electrons. The minimum absolute atomic E-state index is 0.0992. The molecule has 5 rings (SSSR count). The van der Waals surface area contributed by atoms with E-state index in [1.807, 2.05) is 121 Å². The lowest BCUT2D eigenvalue weighted by Crippen LogP contribution is -2.53. The summed E-state index contributed by atoms with van der Waals surface area (Å²) in [4.78, 5) is 10.4. The Bertz CT molecular complexity index is 1880. The molecule has 0 aliphatic rings. The molecule has 0 aliphatic carbocycles. The SMILES string of the molecule is O=[N+]([O-])c1ccc(S(=O)(=O)NC[C@H](OCc2ccccc2)[C@@H](OCc2ccccc2)[C@H](OCc2ccccc2)[C@H](O)COCc2ccccc2)cc1. The highest BCUT2D eigenvalue weighted by Crippen LogP contribution is 2.23. The third-order valence-electron chi connectivity index (χ3n) is 8.18. The smallest absolute Gasteiger partial charge is 0.269 e. The van der Waals surface area contributed by atoms with Crippen molar-refractivity contribution >= 4 is 15.7 Å². The van der Waals surface area contributed by atoms with Gasteiger partial charge in [-0.2, -0.15) is 0 Å². The number of nitro benzene ring substituents is 1. The summed E-state index contributed by atoms with van der Waals surface area (Å²) in [5.74, 6) is 0. The van der Waals surface area contributed by atoms with Gasteiger partial charge in [0, 0.05) is 18.7 Å². The van der Waals surface area contributed by atoms with E-state index in [2.05, 4.69) is 4.72 Å². The zero-order chi connectivity index (χ0) is 36.6. The lowest BCUT2D eigenvalue weighted by Gasteiger charge is -2.36. The van der Waals surface area contributed by atoms with Crippen LogP contribution < -0.4 is 4.72 Å². The highest BCUT2D eigenvalue weighted by molar-refractivity contribution is 7.89. The van der Waals surface area contributed by atoms with E-state index >= 15 is 0 Å². The first-order valence-electron chi connectivity index (χ1n) is 16.8. The topological polar surface area (TPSA) is 146 Å². The van der Waals surface area contributed by atoms with E-state index in [0.717, 1.165) is 34.4 Å². The molecule has 0 saturated carbocycles. The standard InChI is InChI=1S/C40H42N2O9S/c43-37(30-48-26-31-13-5-1-6-14-31)39(50-28-33-17-9-3-10-18-33)40(51-29-34-19-11-4-12-20-34)38(49-27-32-15-7-2-8-16-32)25-41-52(46,47)36-23-21-35(22-24-36)42(44)45/h1-24,37-41,43H,25-30H2/t37-,38+,39-,40-/m1/s1. The van der Waals surface area contributed by atoms with Gasteiger partial charge in [-0.05, 0) is 34.4 Å². The van der Waals surface area contributed by atoms with E-state index in [1.54, 1.807) is 0 Å². The van der Waals surface area contributed by atoms with E-state index < -0.39 is 39.4 Å². The first-order chi connectivity index (χ1) is 25.3. The molecule has 0 saturated heterocycles. The van der Waals surface area contributed by atoms with Crippen molar-refractivity contribution in [1.82, 2.24) is 4.72 Å². The minimum Gasteiger partial charge on any atom is -0.388 e. The number of ether oxygens (including phenoxy) is 4. The summed E-state index contributed by atoms with van der Waals surface area (Å²) in [6.07, 6.45) is -4.30. The van der Waals surface area contributed by atoms with E-state index in [4.69, 9.17) is 18.9 Å². The molecule has 5 aromatic rings. The molecule has 12 heteroatoms. The van der Waals surface area contributed by atoms with Gasteiger partial charge in [-0.3, -0.25) is 10.1 Å². The predicted octanol–water partition coefficient (Wildman–Crippen LogP) is 6.21. The van der Waals surface area contributed by atoms with Gasteiger partial charge >= 0.3 is 0 Å². The molecule has 52 heavy (non-hydrogen) atoms. The Labute approximate surface area is 304 Å². The van der Waals surface area contributed by atoms with Gasteiger partial charge in [0.15, 0.2) is 0 Å². The summed E-state index contributed by atoms with van der Waals surface area (Å²) in [7, 11) is -4.16. The van der Waals surface area contributed by atoms with E-state index in [1.165, 1.54) is 12.1 Å². The molecule has 0 amide bonds. The number of hydrogen-bond acceptors (Lipinski definition) is 9. The highest BCUT2D eigenvalue weighted by atomic mass is 32.2. The van der Waals surface area contributed by atoms with Crippen molar-refractivity contribution in [1.29, 1.82) is 0 Å². The Morgan fingerprint density at radius 3 is 1.48 bits per heavy atom. The number of aliphatic hydroxyl groups is 1. The molecule has 0 spiro atoms. The van der Waals surface area contributed by atoms with Crippen molar-refractivity contribution in [3.63, 3.8) is 0 Å². The Morgan fingerprint density at radius 1 is 0.596 bits per heavy atom. The van der Waals surface area contributed by atoms with Crippen molar-refractivity contribution in [2.45, 2.75) is 55.7 Å². The predicted molar refractivity (Wildman–Crippen MR) is 195 cm³/mol. The van der Waals surface area contributed by atoms with Gasteiger partial charge in [0.25, 0.3) is 5.69 Å². The zero-order valence-corrected chi connectivity index (χ0v) is 29.3. The van der Waals surface area contributed by atoms with Gasteiger partial charge in [-0.1, -0.05) is 121 Å². The molecule has 4 atom stereocenters. The monoisotopic (exact) mass is 726 g/mol. The number of nitrogens with zero attached hydrogens (tertiary/aromatic N) is 1. The number of nitro groups is 1. The summed E-state index contributed by atoms with van der Waals surface area (Å²) in [6, 6.07) is 42.4. The van der Waals surface area contributed by atoms with E-state index in [9.17, 15) is 23.6 Å². The van der Waals surface area contributed by atoms with Gasteiger partial charge in [-0.15, -0.1) is 0 Å². The summed E-state index contributed by atoms with van der Waals surface area (Å²) >= 11 is 0. The normalized spacial score (nSPS) is 13.9. The lowest BCUT2D eigenvalue weighted by atomic mass is 10.0.